The van der Waals surface area contributed by atoms with E-state index >= 15 is 0 Å². The van der Waals surface area contributed by atoms with Gasteiger partial charge in [0.2, 0.25) is 11.8 Å². The van der Waals surface area contributed by atoms with Gasteiger partial charge >= 0.3 is 0 Å². The highest BCUT2D eigenvalue weighted by molar-refractivity contribution is 5.86. The average molecular weight is 388 g/mol. The molecule has 0 aliphatic carbocycles. The second-order valence-electron chi connectivity index (χ2n) is 6.17. The second-order valence-corrected chi connectivity index (χ2v) is 6.17. The Hall–Kier alpha value is -3.09. The molecule has 0 unspecified atom stereocenters. The lowest BCUT2D eigenvalue weighted by atomic mass is 10.1. The number of nitrogens with zero attached hydrogens (tertiary/aromatic N) is 1. The molecule has 0 saturated carbocycles. The summed E-state index contributed by atoms with van der Waals surface area (Å²) in [5.41, 5.74) is 1.51. The van der Waals surface area contributed by atoms with Crippen LogP contribution in [-0.4, -0.2) is 44.0 Å². The molecule has 2 rings (SSSR count). The molecule has 2 aromatic rings. The highest BCUT2D eigenvalue weighted by Crippen LogP contribution is 2.25. The number of carbonyl (C=O) groups is 2. The van der Waals surface area contributed by atoms with Crippen molar-refractivity contribution >= 4 is 11.8 Å². The Labute approximate surface area is 164 Å². The van der Waals surface area contributed by atoms with Gasteiger partial charge in [-0.25, -0.2) is 4.39 Å². The highest BCUT2D eigenvalue weighted by Gasteiger charge is 2.18. The Bertz CT molecular complexity index is 809. The van der Waals surface area contributed by atoms with Crippen LogP contribution in [0.25, 0.3) is 0 Å². The molecule has 0 saturated heterocycles. The SMILES string of the molecule is CCN(CC(=O)NCc1ccc(F)cc1)C(=O)Cc1ccc(OC)cc1OC. The van der Waals surface area contributed by atoms with Crippen molar-refractivity contribution in [2.24, 2.45) is 0 Å². The fraction of sp³-hybridized carbons (Fsp3) is 0.333. The van der Waals surface area contributed by atoms with Crippen LogP contribution in [0.15, 0.2) is 42.5 Å². The number of benzene rings is 2. The molecule has 0 atom stereocenters. The summed E-state index contributed by atoms with van der Waals surface area (Å²) in [4.78, 5) is 26.3. The van der Waals surface area contributed by atoms with E-state index in [0.29, 0.717) is 18.0 Å². The number of hydrogen-bond acceptors (Lipinski definition) is 4. The van der Waals surface area contributed by atoms with Gasteiger partial charge in [-0.2, -0.15) is 0 Å². The molecule has 0 bridgehead atoms. The minimum absolute atomic E-state index is 0.0466. The summed E-state index contributed by atoms with van der Waals surface area (Å²) in [6.07, 6.45) is 0.117. The summed E-state index contributed by atoms with van der Waals surface area (Å²) in [7, 11) is 3.09. The normalized spacial score (nSPS) is 10.3. The Morgan fingerprint density at radius 3 is 2.39 bits per heavy atom. The third-order valence-corrected chi connectivity index (χ3v) is 4.31. The zero-order valence-electron chi connectivity index (χ0n) is 16.3. The third-order valence-electron chi connectivity index (χ3n) is 4.31. The monoisotopic (exact) mass is 388 g/mol. The zero-order valence-corrected chi connectivity index (χ0v) is 16.3. The molecular formula is C21H25FN2O4. The smallest absolute Gasteiger partial charge is 0.239 e. The standard InChI is InChI=1S/C21H25FN2O4/c1-4-24(14-20(25)23-13-15-5-8-17(22)9-6-15)21(26)11-16-7-10-18(27-2)12-19(16)28-3/h5-10,12H,4,11,13-14H2,1-3H3,(H,23,25). The van der Waals surface area contributed by atoms with E-state index < -0.39 is 0 Å². The van der Waals surface area contributed by atoms with Crippen LogP contribution >= 0.6 is 0 Å². The van der Waals surface area contributed by atoms with Crippen LogP contribution in [0.5, 0.6) is 11.5 Å². The number of halogens is 1. The van der Waals surface area contributed by atoms with Crippen LogP contribution in [0, 0.1) is 5.82 Å². The van der Waals surface area contributed by atoms with Crippen molar-refractivity contribution in [1.82, 2.24) is 10.2 Å². The summed E-state index contributed by atoms with van der Waals surface area (Å²) < 4.78 is 23.4. The molecule has 0 spiro atoms. The van der Waals surface area contributed by atoms with Gasteiger partial charge in [-0.05, 0) is 30.7 Å². The lowest BCUT2D eigenvalue weighted by Gasteiger charge is -2.21. The van der Waals surface area contributed by atoms with Gasteiger partial charge in [-0.15, -0.1) is 0 Å². The van der Waals surface area contributed by atoms with E-state index in [1.54, 1.807) is 37.4 Å². The fourth-order valence-electron chi connectivity index (χ4n) is 2.68. The number of hydrogen-bond donors (Lipinski definition) is 1. The van der Waals surface area contributed by atoms with Crippen molar-refractivity contribution in [1.29, 1.82) is 0 Å². The van der Waals surface area contributed by atoms with Crippen LogP contribution in [0.3, 0.4) is 0 Å². The van der Waals surface area contributed by atoms with Gasteiger partial charge in [0.15, 0.2) is 0 Å². The van der Waals surface area contributed by atoms with E-state index in [1.165, 1.54) is 24.1 Å². The Morgan fingerprint density at radius 2 is 1.79 bits per heavy atom. The van der Waals surface area contributed by atoms with Crippen LogP contribution in [0.1, 0.15) is 18.1 Å². The Kier molecular flexibility index (Phi) is 7.80. The molecular weight excluding hydrogens is 363 g/mol. The number of likely N-dealkylation sites (N-methyl/N-ethyl adjacent to an activating group) is 1. The maximum absolute atomic E-state index is 12.9. The van der Waals surface area contributed by atoms with Gasteiger partial charge in [0, 0.05) is 24.7 Å². The van der Waals surface area contributed by atoms with E-state index in [-0.39, 0.29) is 37.1 Å². The molecule has 0 aliphatic rings. The fourth-order valence-corrected chi connectivity index (χ4v) is 2.68. The number of amides is 2. The van der Waals surface area contributed by atoms with E-state index in [9.17, 15) is 14.0 Å². The predicted molar refractivity (Wildman–Crippen MR) is 104 cm³/mol. The molecule has 28 heavy (non-hydrogen) atoms. The van der Waals surface area contributed by atoms with Gasteiger partial charge in [-0.1, -0.05) is 18.2 Å². The summed E-state index contributed by atoms with van der Waals surface area (Å²) in [6.45, 7) is 2.45. The molecule has 7 heteroatoms. The van der Waals surface area contributed by atoms with Gasteiger partial charge in [0.1, 0.15) is 17.3 Å². The molecule has 150 valence electrons. The summed E-state index contributed by atoms with van der Waals surface area (Å²) in [5, 5.41) is 2.74. The maximum atomic E-state index is 12.9. The Morgan fingerprint density at radius 1 is 1.07 bits per heavy atom. The molecule has 0 aliphatic heterocycles. The largest absolute Gasteiger partial charge is 0.497 e. The molecule has 1 N–H and O–H groups in total. The summed E-state index contributed by atoms with van der Waals surface area (Å²) in [5.74, 6) is 0.418. The lowest BCUT2D eigenvalue weighted by molar-refractivity contribution is -0.135. The quantitative estimate of drug-likeness (QED) is 0.717. The van der Waals surface area contributed by atoms with Crippen molar-refractivity contribution in [3.05, 3.63) is 59.4 Å². The van der Waals surface area contributed by atoms with Crippen molar-refractivity contribution in [2.75, 3.05) is 27.3 Å². The van der Waals surface area contributed by atoms with E-state index in [2.05, 4.69) is 5.32 Å². The van der Waals surface area contributed by atoms with Crippen LogP contribution < -0.4 is 14.8 Å². The minimum Gasteiger partial charge on any atom is -0.497 e. The topological polar surface area (TPSA) is 67.9 Å². The van der Waals surface area contributed by atoms with Crippen LogP contribution in [-0.2, 0) is 22.6 Å². The summed E-state index contributed by atoms with van der Waals surface area (Å²) in [6, 6.07) is 11.1. The molecule has 0 radical (unpaired) electrons. The highest BCUT2D eigenvalue weighted by atomic mass is 19.1. The van der Waals surface area contributed by atoms with Gasteiger partial charge < -0.3 is 19.7 Å². The van der Waals surface area contributed by atoms with Crippen LogP contribution in [0.4, 0.5) is 4.39 Å². The van der Waals surface area contributed by atoms with E-state index in [4.69, 9.17) is 9.47 Å². The minimum atomic E-state index is -0.327. The first kappa shape index (κ1) is 21.2. The van der Waals surface area contributed by atoms with Gasteiger partial charge in [0.05, 0.1) is 27.2 Å². The Balaban J connectivity index is 1.93. The molecule has 6 nitrogen and oxygen atoms in total. The molecule has 0 heterocycles. The van der Waals surface area contributed by atoms with Gasteiger partial charge in [-0.3, -0.25) is 9.59 Å². The molecule has 0 fully saturated rings. The van der Waals surface area contributed by atoms with Crippen LogP contribution in [0.2, 0.25) is 0 Å². The summed E-state index contributed by atoms with van der Waals surface area (Å²) >= 11 is 0. The predicted octanol–water partition coefficient (Wildman–Crippen LogP) is 2.55. The lowest BCUT2D eigenvalue weighted by Crippen LogP contribution is -2.41. The number of nitrogens with one attached hydrogen (secondary N) is 1. The number of methoxy groups -OCH3 is 2. The van der Waals surface area contributed by atoms with Crippen molar-refractivity contribution < 1.29 is 23.5 Å². The number of carbonyl (C=O) groups excluding carboxylic acids is 2. The third kappa shape index (κ3) is 5.97. The van der Waals surface area contributed by atoms with E-state index in [1.807, 2.05) is 6.92 Å². The number of ether oxygens (including phenoxy) is 2. The van der Waals surface area contributed by atoms with Gasteiger partial charge in [0.25, 0.3) is 0 Å². The first-order valence-electron chi connectivity index (χ1n) is 8.96. The maximum Gasteiger partial charge on any atom is 0.239 e. The molecule has 2 amide bonds. The molecule has 2 aromatic carbocycles. The second kappa shape index (κ2) is 10.3. The first-order valence-corrected chi connectivity index (χ1v) is 8.96. The van der Waals surface area contributed by atoms with E-state index in [0.717, 1.165) is 11.1 Å². The first-order chi connectivity index (χ1) is 13.5. The van der Waals surface area contributed by atoms with Crippen molar-refractivity contribution in [2.45, 2.75) is 19.9 Å². The van der Waals surface area contributed by atoms with Crippen molar-refractivity contribution in [3.8, 4) is 11.5 Å². The zero-order chi connectivity index (χ0) is 20.5. The number of rotatable bonds is 9. The van der Waals surface area contributed by atoms with Crippen molar-refractivity contribution in [3.63, 3.8) is 0 Å². The molecule has 0 aromatic heterocycles. The average Bonchev–Trinajstić information content (AvgIpc) is 2.71.